The highest BCUT2D eigenvalue weighted by atomic mass is 35.5. The molecule has 0 spiro atoms. The van der Waals surface area contributed by atoms with E-state index in [1.807, 2.05) is 19.2 Å². The zero-order valence-corrected chi connectivity index (χ0v) is 37.8. The molecular weight excluding hydrogens is 877 g/mol. The van der Waals surface area contributed by atoms with Gasteiger partial charge < -0.3 is 41.1 Å². The minimum absolute atomic E-state index is 0.0182. The highest BCUT2D eigenvalue weighted by molar-refractivity contribution is 6.33. The smallest absolute Gasteiger partial charge is 0.373 e. The first-order valence-corrected chi connectivity index (χ1v) is 22.0. The van der Waals surface area contributed by atoms with Gasteiger partial charge in [0.1, 0.15) is 42.4 Å². The Balaban J connectivity index is 1.68. The summed E-state index contributed by atoms with van der Waals surface area (Å²) in [5.74, 6) is -6.90. The number of fused-ring (bicyclic) bond motifs is 1. The van der Waals surface area contributed by atoms with E-state index in [0.29, 0.717) is 29.8 Å². The van der Waals surface area contributed by atoms with Crippen molar-refractivity contribution < 1.29 is 56.2 Å². The predicted molar refractivity (Wildman–Crippen MR) is 225 cm³/mol. The van der Waals surface area contributed by atoms with Gasteiger partial charge in [0.25, 0.3) is 5.91 Å². The van der Waals surface area contributed by atoms with E-state index in [9.17, 15) is 51.8 Å². The Hall–Kier alpha value is -4.23. The summed E-state index contributed by atoms with van der Waals surface area (Å²) in [6, 6.07) is -3.25. The Morgan fingerprint density at radius 1 is 1.00 bits per heavy atom. The lowest BCUT2D eigenvalue weighted by molar-refractivity contribution is -0.245. The van der Waals surface area contributed by atoms with Crippen molar-refractivity contribution in [1.29, 1.82) is 0 Å². The lowest BCUT2D eigenvalue weighted by Gasteiger charge is -2.39. The van der Waals surface area contributed by atoms with Gasteiger partial charge in [-0.05, 0) is 87.5 Å². The Morgan fingerprint density at radius 2 is 1.67 bits per heavy atom. The van der Waals surface area contributed by atoms with Crippen LogP contribution in [0, 0.1) is 11.8 Å². The molecule has 21 heteroatoms. The number of alkyl halides is 4. The largest absolute Gasteiger partial charge is 0.426 e. The fourth-order valence-corrected chi connectivity index (χ4v) is 8.37. The number of nitrogens with one attached hydrogen (secondary N) is 4. The topological polar surface area (TPSA) is 198 Å². The van der Waals surface area contributed by atoms with E-state index >= 15 is 4.39 Å². The second-order valence-corrected chi connectivity index (χ2v) is 18.2. The molecule has 0 unspecified atom stereocenters. The van der Waals surface area contributed by atoms with Crippen LogP contribution in [0.25, 0.3) is 0 Å². The number of benzene rings is 1. The van der Waals surface area contributed by atoms with E-state index in [1.165, 1.54) is 33.2 Å². The minimum atomic E-state index is -5.34. The van der Waals surface area contributed by atoms with Crippen molar-refractivity contribution in [3.8, 4) is 0 Å². The van der Waals surface area contributed by atoms with Crippen LogP contribution in [-0.2, 0) is 40.0 Å². The summed E-state index contributed by atoms with van der Waals surface area (Å²) in [6.07, 6.45) is -5.16. The number of nitrogens with zero attached hydrogens (tertiary/aromatic N) is 3. The number of halogens is 6. The van der Waals surface area contributed by atoms with Crippen molar-refractivity contribution in [2.75, 3.05) is 27.2 Å². The van der Waals surface area contributed by atoms with Crippen LogP contribution in [0.3, 0.4) is 0 Å². The number of carbonyl (C=O) groups is 7. The van der Waals surface area contributed by atoms with Gasteiger partial charge in [-0.3, -0.25) is 33.6 Å². The van der Waals surface area contributed by atoms with Crippen molar-refractivity contribution in [3.05, 3.63) is 33.8 Å². The molecular formula is C42H59Cl2F4N7O8. The van der Waals surface area contributed by atoms with E-state index in [1.54, 1.807) is 6.07 Å². The molecule has 1 aromatic rings. The second kappa shape index (κ2) is 21.6. The third-order valence-electron chi connectivity index (χ3n) is 12.2. The fourth-order valence-electron chi connectivity index (χ4n) is 7.98. The number of carbonyl (C=O) groups excluding carboxylic acids is 7. The van der Waals surface area contributed by atoms with Crippen LogP contribution in [0.1, 0.15) is 91.0 Å². The average Bonchev–Trinajstić information content (AvgIpc) is 3.59. The molecule has 7 amide bonds. The predicted octanol–water partition coefficient (Wildman–Crippen LogP) is 3.45. The van der Waals surface area contributed by atoms with Crippen LogP contribution in [0.2, 0.25) is 10.0 Å². The van der Waals surface area contributed by atoms with Gasteiger partial charge in [0.15, 0.2) is 0 Å². The molecule has 1 aromatic carbocycles. The molecule has 5 N–H and O–H groups in total. The SMILES string of the molecule is CC[C@H](NC(=O)[C@@](C)(O)C(F)(F)F)C(=O)N[C@H](C(=O)N(C)[C@H]1CCCCNC(=O)[C@H]2C[C@@H](F)CN2C(=O)[C@H](Cc2cc(Cl)ccc2Cl)N(C)C(=O)[C@H](CC(C)C)NC1=O)C1CCC1. The summed E-state index contributed by atoms with van der Waals surface area (Å²) in [5, 5.41) is 20.5. The van der Waals surface area contributed by atoms with E-state index in [4.69, 9.17) is 23.2 Å². The maximum absolute atomic E-state index is 15.0. The molecule has 0 radical (unpaired) electrons. The molecule has 0 bridgehead atoms. The van der Waals surface area contributed by atoms with Crippen molar-refractivity contribution >= 4 is 64.6 Å². The molecule has 2 heterocycles. The van der Waals surface area contributed by atoms with Crippen LogP contribution >= 0.6 is 23.2 Å². The van der Waals surface area contributed by atoms with Crippen molar-refractivity contribution in [3.63, 3.8) is 0 Å². The molecule has 8 atom stereocenters. The van der Waals surface area contributed by atoms with Gasteiger partial charge in [-0.15, -0.1) is 0 Å². The zero-order valence-electron chi connectivity index (χ0n) is 36.3. The van der Waals surface area contributed by atoms with Crippen LogP contribution in [-0.4, -0.2) is 143 Å². The molecule has 2 saturated heterocycles. The van der Waals surface area contributed by atoms with Crippen molar-refractivity contribution in [2.45, 2.75) is 146 Å². The maximum Gasteiger partial charge on any atom is 0.426 e. The van der Waals surface area contributed by atoms with Gasteiger partial charge in [0.05, 0.1) is 6.54 Å². The first kappa shape index (κ1) is 51.4. The summed E-state index contributed by atoms with van der Waals surface area (Å²) < 4.78 is 55.3. The van der Waals surface area contributed by atoms with Crippen LogP contribution < -0.4 is 21.3 Å². The molecule has 63 heavy (non-hydrogen) atoms. The number of aliphatic hydroxyl groups is 1. The molecule has 4 rings (SSSR count). The molecule has 352 valence electrons. The number of rotatable bonds is 12. The minimum Gasteiger partial charge on any atom is -0.373 e. The highest BCUT2D eigenvalue weighted by Gasteiger charge is 2.56. The van der Waals surface area contributed by atoms with E-state index in [0.717, 1.165) is 14.7 Å². The normalized spacial score (nSPS) is 25.3. The van der Waals surface area contributed by atoms with Crippen LogP contribution in [0.15, 0.2) is 18.2 Å². The van der Waals surface area contributed by atoms with Gasteiger partial charge in [0, 0.05) is 43.5 Å². The Labute approximate surface area is 374 Å². The standard InChI is InChI=1S/C42H59Cl2F4N7O8/c1-7-28(51-40(62)41(4,63)42(46,47)48)34(56)52-33(23-11-10-12-23)39(61)53(5)30-13-8-9-16-49-35(57)31-20-26(45)21-55(31)38(60)32(19-24-18-25(43)14-15-27(24)44)54(6)37(59)29(17-22(2)3)50-36(30)58/h14-15,18,22-23,26,28-33,63H,7-13,16-17,19-21H2,1-6H3,(H,49,57)(H,50,58)(H,51,62)(H,52,56)/t26-,28+,29+,30+,31-,32+,33+,41-/m1/s1. The molecule has 2 aliphatic heterocycles. The summed E-state index contributed by atoms with van der Waals surface area (Å²) in [4.78, 5) is 101. The van der Waals surface area contributed by atoms with Gasteiger partial charge >= 0.3 is 6.18 Å². The summed E-state index contributed by atoms with van der Waals surface area (Å²) in [5.41, 5.74) is -3.41. The Kier molecular flexibility index (Phi) is 17.7. The average molecular weight is 937 g/mol. The third kappa shape index (κ3) is 12.5. The van der Waals surface area contributed by atoms with Gasteiger partial charge in [-0.25, -0.2) is 4.39 Å². The van der Waals surface area contributed by atoms with Gasteiger partial charge in [0.2, 0.25) is 41.0 Å². The summed E-state index contributed by atoms with van der Waals surface area (Å²) in [7, 11) is 2.71. The summed E-state index contributed by atoms with van der Waals surface area (Å²) in [6.45, 7) is 4.99. The number of amides is 7. The third-order valence-corrected chi connectivity index (χ3v) is 12.8. The highest BCUT2D eigenvalue weighted by Crippen LogP contribution is 2.33. The number of likely N-dealkylation sites (N-methyl/N-ethyl adjacent to an activating group) is 2. The summed E-state index contributed by atoms with van der Waals surface area (Å²) >= 11 is 12.8. The van der Waals surface area contributed by atoms with E-state index < -0.39 is 101 Å². The molecule has 15 nitrogen and oxygen atoms in total. The molecule has 1 saturated carbocycles. The van der Waals surface area contributed by atoms with Gasteiger partial charge in [-0.1, -0.05) is 50.4 Å². The van der Waals surface area contributed by atoms with Crippen molar-refractivity contribution in [1.82, 2.24) is 36.0 Å². The Bertz CT molecular complexity index is 1870. The monoisotopic (exact) mass is 935 g/mol. The second-order valence-electron chi connectivity index (χ2n) is 17.4. The number of hydrogen-bond donors (Lipinski definition) is 5. The lowest BCUT2D eigenvalue weighted by atomic mass is 9.79. The van der Waals surface area contributed by atoms with Crippen LogP contribution in [0.5, 0.6) is 0 Å². The van der Waals surface area contributed by atoms with Crippen LogP contribution in [0.4, 0.5) is 17.6 Å². The molecule has 3 aliphatic rings. The fraction of sp³-hybridized carbons (Fsp3) is 0.690. The number of hydrogen-bond acceptors (Lipinski definition) is 8. The maximum atomic E-state index is 15.0. The quantitative estimate of drug-likeness (QED) is 0.197. The molecule has 0 aromatic heterocycles. The van der Waals surface area contributed by atoms with E-state index in [-0.39, 0.29) is 75.9 Å². The van der Waals surface area contributed by atoms with Crippen molar-refractivity contribution in [2.24, 2.45) is 11.8 Å². The first-order chi connectivity index (χ1) is 29.4. The first-order valence-electron chi connectivity index (χ1n) is 21.3. The van der Waals surface area contributed by atoms with E-state index in [2.05, 4.69) is 16.0 Å². The van der Waals surface area contributed by atoms with Gasteiger partial charge in [-0.2, -0.15) is 13.2 Å². The lowest BCUT2D eigenvalue weighted by Crippen LogP contribution is -2.63. The molecule has 3 fully saturated rings. The Morgan fingerprint density at radius 3 is 2.25 bits per heavy atom. The molecule has 1 aliphatic carbocycles. The zero-order chi connectivity index (χ0) is 47.1.